The van der Waals surface area contributed by atoms with E-state index in [1.165, 1.54) is 6.07 Å². The number of alkyl halides is 3. The van der Waals surface area contributed by atoms with E-state index in [0.29, 0.717) is 37.4 Å². The van der Waals surface area contributed by atoms with Crippen LogP contribution >= 0.6 is 0 Å². The predicted molar refractivity (Wildman–Crippen MR) is 115 cm³/mol. The number of fused-ring (bicyclic) bond motifs is 1. The summed E-state index contributed by atoms with van der Waals surface area (Å²) in [7, 11) is 0. The van der Waals surface area contributed by atoms with E-state index < -0.39 is 41.5 Å². The number of nitrogens with one attached hydrogen (secondary N) is 2. The van der Waals surface area contributed by atoms with Gasteiger partial charge in [-0.05, 0) is 49.8 Å². The Bertz CT molecular complexity index is 1180. The molecule has 186 valence electrons. The van der Waals surface area contributed by atoms with Crippen LogP contribution in [0.4, 0.5) is 19.0 Å². The lowest BCUT2D eigenvalue weighted by atomic mass is 9.83. The smallest absolute Gasteiger partial charge is 0.416 e. The molecule has 35 heavy (non-hydrogen) atoms. The van der Waals surface area contributed by atoms with Crippen molar-refractivity contribution in [3.05, 3.63) is 46.6 Å². The highest BCUT2D eigenvalue weighted by Gasteiger charge is 2.49. The maximum Gasteiger partial charge on any atom is 0.416 e. The SMILES string of the molecule is O=C(N[C@@H]1C(=O)Nc2c(c(C(=O)O)nn2C2CCOCC2)[C@@H]1C1CC1)c1cccc(C(F)(F)F)c1. The van der Waals surface area contributed by atoms with Gasteiger partial charge in [0.05, 0.1) is 11.6 Å². The molecule has 3 aliphatic rings. The van der Waals surface area contributed by atoms with E-state index in [9.17, 15) is 32.7 Å². The Morgan fingerprint density at radius 2 is 1.89 bits per heavy atom. The van der Waals surface area contributed by atoms with Gasteiger partial charge in [-0.15, -0.1) is 0 Å². The van der Waals surface area contributed by atoms with Crippen LogP contribution in [-0.2, 0) is 15.7 Å². The number of halogens is 3. The van der Waals surface area contributed by atoms with Crippen molar-refractivity contribution in [3.8, 4) is 0 Å². The molecule has 2 atom stereocenters. The lowest BCUT2D eigenvalue weighted by molar-refractivity contribution is -0.137. The van der Waals surface area contributed by atoms with Crippen molar-refractivity contribution in [1.82, 2.24) is 15.1 Å². The zero-order valence-corrected chi connectivity index (χ0v) is 18.5. The fraction of sp³-hybridized carbons (Fsp3) is 0.478. The quantitative estimate of drug-likeness (QED) is 0.589. The molecule has 0 spiro atoms. The fourth-order valence-corrected chi connectivity index (χ4v) is 4.94. The number of carbonyl (C=O) groups excluding carboxylic acids is 2. The van der Waals surface area contributed by atoms with Crippen LogP contribution in [-0.4, -0.2) is 51.9 Å². The second kappa shape index (κ2) is 8.67. The standard InChI is InChI=1S/C23H23F3N4O5/c24-23(25,26)13-3-1-2-12(10-13)20(31)27-17-15(11-4-5-11)16-18(22(33)34)29-30(19(16)28-21(17)32)14-6-8-35-9-7-14/h1-3,10-11,14-15,17H,4-9H2,(H,27,31)(H,28,32)(H,33,34)/t15-,17-/m0/s1. The van der Waals surface area contributed by atoms with E-state index in [2.05, 4.69) is 15.7 Å². The summed E-state index contributed by atoms with van der Waals surface area (Å²) in [5.41, 5.74) is -1.07. The number of anilines is 1. The van der Waals surface area contributed by atoms with Crippen molar-refractivity contribution in [2.24, 2.45) is 5.92 Å². The molecule has 12 heteroatoms. The molecule has 5 rings (SSSR count). The second-order valence-corrected chi connectivity index (χ2v) is 9.09. The number of hydrogen-bond donors (Lipinski definition) is 3. The number of aromatic nitrogens is 2. The number of carboxylic acid groups (broad SMARTS) is 1. The average molecular weight is 492 g/mol. The normalized spacial score (nSPS) is 22.9. The van der Waals surface area contributed by atoms with Gasteiger partial charge in [0.1, 0.15) is 11.9 Å². The summed E-state index contributed by atoms with van der Waals surface area (Å²) in [6, 6.07) is 2.63. The lowest BCUT2D eigenvalue weighted by Crippen LogP contribution is -2.51. The number of benzene rings is 1. The van der Waals surface area contributed by atoms with E-state index in [1.54, 1.807) is 4.68 Å². The average Bonchev–Trinajstić information content (AvgIpc) is 3.59. The van der Waals surface area contributed by atoms with Gasteiger partial charge in [0.2, 0.25) is 5.91 Å². The van der Waals surface area contributed by atoms with E-state index in [0.717, 1.165) is 31.0 Å². The number of amides is 2. The Kier molecular flexibility index (Phi) is 5.78. The van der Waals surface area contributed by atoms with Crippen LogP contribution in [0.25, 0.3) is 0 Å². The fourth-order valence-electron chi connectivity index (χ4n) is 4.94. The first kappa shape index (κ1) is 23.3. The molecule has 2 aromatic rings. The Hall–Kier alpha value is -3.41. The third kappa shape index (κ3) is 4.38. The number of rotatable bonds is 5. The molecule has 2 amide bonds. The first-order valence-electron chi connectivity index (χ1n) is 11.4. The molecule has 3 heterocycles. The minimum absolute atomic E-state index is 0.0583. The van der Waals surface area contributed by atoms with Crippen molar-refractivity contribution >= 4 is 23.6 Å². The van der Waals surface area contributed by atoms with Gasteiger partial charge in [-0.3, -0.25) is 9.59 Å². The largest absolute Gasteiger partial charge is 0.476 e. The van der Waals surface area contributed by atoms with Crippen LogP contribution in [0.3, 0.4) is 0 Å². The first-order valence-corrected chi connectivity index (χ1v) is 11.4. The Labute approximate surface area is 197 Å². The van der Waals surface area contributed by atoms with Crippen LogP contribution in [0, 0.1) is 5.92 Å². The predicted octanol–water partition coefficient (Wildman–Crippen LogP) is 3.20. The first-order chi connectivity index (χ1) is 16.6. The molecule has 0 unspecified atom stereocenters. The molecular weight excluding hydrogens is 469 g/mol. The minimum atomic E-state index is -4.63. The minimum Gasteiger partial charge on any atom is -0.476 e. The van der Waals surface area contributed by atoms with Crippen LogP contribution in [0.1, 0.15) is 69.6 Å². The lowest BCUT2D eigenvalue weighted by Gasteiger charge is -2.33. The summed E-state index contributed by atoms with van der Waals surface area (Å²) in [6.07, 6.45) is -1.96. The van der Waals surface area contributed by atoms with E-state index in [-0.39, 0.29) is 23.2 Å². The third-order valence-corrected chi connectivity index (χ3v) is 6.77. The summed E-state index contributed by atoms with van der Waals surface area (Å²) in [6.45, 7) is 0.967. The topological polar surface area (TPSA) is 123 Å². The Balaban J connectivity index is 1.50. The van der Waals surface area contributed by atoms with Crippen molar-refractivity contribution < 1.29 is 37.4 Å². The van der Waals surface area contributed by atoms with Crippen molar-refractivity contribution in [2.45, 2.75) is 49.9 Å². The molecule has 0 bridgehead atoms. The monoisotopic (exact) mass is 492 g/mol. The van der Waals surface area contributed by atoms with Gasteiger partial charge in [-0.2, -0.15) is 18.3 Å². The molecule has 2 fully saturated rings. The Morgan fingerprint density at radius 3 is 2.51 bits per heavy atom. The molecular formula is C23H23F3N4O5. The zero-order valence-electron chi connectivity index (χ0n) is 18.5. The molecule has 2 aliphatic heterocycles. The second-order valence-electron chi connectivity index (χ2n) is 9.09. The number of carboxylic acids is 1. The van der Waals surface area contributed by atoms with Crippen LogP contribution in [0.5, 0.6) is 0 Å². The van der Waals surface area contributed by atoms with Crippen molar-refractivity contribution in [3.63, 3.8) is 0 Å². The molecule has 1 saturated carbocycles. The van der Waals surface area contributed by atoms with Gasteiger partial charge in [-0.1, -0.05) is 6.07 Å². The molecule has 1 saturated heterocycles. The Morgan fingerprint density at radius 1 is 1.17 bits per heavy atom. The summed E-state index contributed by atoms with van der Waals surface area (Å²) in [4.78, 5) is 38.2. The van der Waals surface area contributed by atoms with Crippen molar-refractivity contribution in [1.29, 1.82) is 0 Å². The molecule has 3 N–H and O–H groups in total. The van der Waals surface area contributed by atoms with Gasteiger partial charge >= 0.3 is 12.1 Å². The summed E-state index contributed by atoms with van der Waals surface area (Å²) >= 11 is 0. The van der Waals surface area contributed by atoms with Crippen LogP contribution < -0.4 is 10.6 Å². The zero-order chi connectivity index (χ0) is 24.9. The maximum atomic E-state index is 13.2. The summed E-state index contributed by atoms with van der Waals surface area (Å²) in [5, 5.41) is 19.5. The van der Waals surface area contributed by atoms with Gasteiger partial charge in [0.25, 0.3) is 5.91 Å². The van der Waals surface area contributed by atoms with Gasteiger partial charge in [0, 0.05) is 30.3 Å². The number of aromatic carboxylic acids is 1. The van der Waals surface area contributed by atoms with E-state index >= 15 is 0 Å². The third-order valence-electron chi connectivity index (χ3n) is 6.77. The van der Waals surface area contributed by atoms with Gasteiger partial charge in [0.15, 0.2) is 5.69 Å². The number of ether oxygens (including phenoxy) is 1. The maximum absolute atomic E-state index is 13.2. The molecule has 1 aliphatic carbocycles. The number of hydrogen-bond acceptors (Lipinski definition) is 5. The van der Waals surface area contributed by atoms with Gasteiger partial charge in [-0.25, -0.2) is 9.48 Å². The van der Waals surface area contributed by atoms with Crippen molar-refractivity contribution in [2.75, 3.05) is 18.5 Å². The summed E-state index contributed by atoms with van der Waals surface area (Å²) < 4.78 is 46.2. The molecule has 9 nitrogen and oxygen atoms in total. The van der Waals surface area contributed by atoms with E-state index in [4.69, 9.17) is 4.74 Å². The van der Waals surface area contributed by atoms with Crippen LogP contribution in [0.2, 0.25) is 0 Å². The highest BCUT2D eigenvalue weighted by Crippen LogP contribution is 2.50. The van der Waals surface area contributed by atoms with E-state index in [1.807, 2.05) is 0 Å². The summed E-state index contributed by atoms with van der Waals surface area (Å²) in [5.74, 6) is -3.07. The molecule has 1 aromatic carbocycles. The van der Waals surface area contributed by atoms with Gasteiger partial charge < -0.3 is 20.5 Å². The molecule has 1 aromatic heterocycles. The molecule has 0 radical (unpaired) electrons. The number of carbonyl (C=O) groups is 3. The van der Waals surface area contributed by atoms with Crippen LogP contribution in [0.15, 0.2) is 24.3 Å². The highest BCUT2D eigenvalue weighted by atomic mass is 19.4. The number of nitrogens with zero attached hydrogens (tertiary/aromatic N) is 2. The highest BCUT2D eigenvalue weighted by molar-refractivity contribution is 6.05.